The van der Waals surface area contributed by atoms with Crippen LogP contribution in [0.1, 0.15) is 41.5 Å². The number of nitrogens with zero attached hydrogens (tertiary/aromatic N) is 1. The molecule has 132 valence electrons. The zero-order valence-electron chi connectivity index (χ0n) is 14.5. The van der Waals surface area contributed by atoms with Crippen molar-refractivity contribution in [3.63, 3.8) is 0 Å². The van der Waals surface area contributed by atoms with Crippen LogP contribution < -0.4 is 5.32 Å². The third-order valence-corrected chi connectivity index (χ3v) is 4.86. The van der Waals surface area contributed by atoms with Gasteiger partial charge in [0.05, 0.1) is 5.37 Å². The number of hydrogen-bond donors (Lipinski definition) is 2. The fraction of sp³-hybridized carbons (Fsp3) is 0.800. The molecule has 2 atom stereocenters. The topological polar surface area (TPSA) is 95.9 Å². The number of rotatable bonds is 3. The molecule has 7 nitrogen and oxygen atoms in total. The van der Waals surface area contributed by atoms with E-state index in [9.17, 15) is 19.5 Å². The van der Waals surface area contributed by atoms with Crippen molar-refractivity contribution in [3.8, 4) is 0 Å². The van der Waals surface area contributed by atoms with Crippen LogP contribution in [0.25, 0.3) is 0 Å². The first-order chi connectivity index (χ1) is 10.3. The van der Waals surface area contributed by atoms with Crippen molar-refractivity contribution >= 4 is 29.7 Å². The minimum Gasteiger partial charge on any atom is -0.480 e. The summed E-state index contributed by atoms with van der Waals surface area (Å²) >= 11 is 1.45. The van der Waals surface area contributed by atoms with Gasteiger partial charge in [0.15, 0.2) is 0 Å². The van der Waals surface area contributed by atoms with Crippen molar-refractivity contribution in [2.24, 2.45) is 5.41 Å². The van der Waals surface area contributed by atoms with Gasteiger partial charge in [-0.1, -0.05) is 20.8 Å². The van der Waals surface area contributed by atoms with Gasteiger partial charge < -0.3 is 20.1 Å². The van der Waals surface area contributed by atoms with Crippen molar-refractivity contribution in [2.45, 2.75) is 58.6 Å². The molecule has 0 aromatic rings. The second-order valence-electron chi connectivity index (χ2n) is 7.56. The van der Waals surface area contributed by atoms with E-state index < -0.39 is 29.6 Å². The smallest absolute Gasteiger partial charge is 0.408 e. The summed E-state index contributed by atoms with van der Waals surface area (Å²) in [5.41, 5.74) is -0.926. The third-order valence-electron chi connectivity index (χ3n) is 3.10. The maximum Gasteiger partial charge on any atom is 0.408 e. The molecule has 2 amide bonds. The molecular formula is C15H26N2O5S. The Balaban J connectivity index is 2.77. The number of aliphatic carboxylic acids is 1. The SMILES string of the molecule is CC(C)(C)OC(=O)NCC(=O)N1C(C(C)(C)C)SC[C@H]1C(=O)O. The van der Waals surface area contributed by atoms with Crippen LogP contribution >= 0.6 is 11.8 Å². The molecule has 1 fully saturated rings. The molecule has 0 aromatic carbocycles. The van der Waals surface area contributed by atoms with Crippen LogP contribution in [0.2, 0.25) is 0 Å². The van der Waals surface area contributed by atoms with Crippen LogP contribution in [0.4, 0.5) is 4.79 Å². The first-order valence-electron chi connectivity index (χ1n) is 7.45. The number of carbonyl (C=O) groups is 3. The lowest BCUT2D eigenvalue weighted by Crippen LogP contribution is -2.52. The Morgan fingerprint density at radius 2 is 1.78 bits per heavy atom. The first kappa shape index (κ1) is 19.6. The fourth-order valence-corrected chi connectivity index (χ4v) is 3.81. The van der Waals surface area contributed by atoms with Crippen LogP contribution in [0.5, 0.6) is 0 Å². The van der Waals surface area contributed by atoms with E-state index in [1.807, 2.05) is 20.8 Å². The van der Waals surface area contributed by atoms with Crippen LogP contribution in [0.15, 0.2) is 0 Å². The Morgan fingerprint density at radius 1 is 1.22 bits per heavy atom. The molecule has 0 radical (unpaired) electrons. The van der Waals surface area contributed by atoms with Gasteiger partial charge in [-0.25, -0.2) is 9.59 Å². The average molecular weight is 346 g/mol. The maximum atomic E-state index is 12.5. The molecule has 23 heavy (non-hydrogen) atoms. The van der Waals surface area contributed by atoms with Crippen LogP contribution in [-0.4, -0.2) is 57.3 Å². The van der Waals surface area contributed by atoms with Gasteiger partial charge in [-0.05, 0) is 26.2 Å². The molecule has 1 heterocycles. The second-order valence-corrected chi connectivity index (χ2v) is 8.68. The standard InChI is InChI=1S/C15H26N2O5S/c1-14(2,3)12-17(9(8-23-12)11(19)20)10(18)7-16-13(21)22-15(4,5)6/h9,12H,7-8H2,1-6H3,(H,16,21)(H,19,20)/t9-,12?/m0/s1. The zero-order chi connectivity index (χ0) is 18.0. The molecular weight excluding hydrogens is 320 g/mol. The van der Waals surface area contributed by atoms with Crippen molar-refractivity contribution in [1.29, 1.82) is 0 Å². The third kappa shape index (κ3) is 5.60. The van der Waals surface area contributed by atoms with E-state index in [1.54, 1.807) is 20.8 Å². The molecule has 8 heteroatoms. The number of nitrogens with one attached hydrogen (secondary N) is 1. The summed E-state index contributed by atoms with van der Waals surface area (Å²) in [7, 11) is 0. The summed E-state index contributed by atoms with van der Waals surface area (Å²) in [4.78, 5) is 36.9. The molecule has 1 saturated heterocycles. The Morgan fingerprint density at radius 3 is 2.22 bits per heavy atom. The van der Waals surface area contributed by atoms with Gasteiger partial charge in [0.25, 0.3) is 0 Å². The predicted molar refractivity (Wildman–Crippen MR) is 88.2 cm³/mol. The molecule has 0 saturated carbocycles. The summed E-state index contributed by atoms with van der Waals surface area (Å²) < 4.78 is 5.08. The lowest BCUT2D eigenvalue weighted by Gasteiger charge is -2.35. The minimum atomic E-state index is -1.03. The summed E-state index contributed by atoms with van der Waals surface area (Å²) in [5.74, 6) is -1.11. The van der Waals surface area contributed by atoms with E-state index in [0.29, 0.717) is 5.75 Å². The van der Waals surface area contributed by atoms with Crippen molar-refractivity contribution in [1.82, 2.24) is 10.2 Å². The van der Waals surface area contributed by atoms with E-state index in [0.717, 1.165) is 0 Å². The molecule has 0 aromatic heterocycles. The quantitative estimate of drug-likeness (QED) is 0.810. The van der Waals surface area contributed by atoms with E-state index in [2.05, 4.69) is 5.32 Å². The lowest BCUT2D eigenvalue weighted by molar-refractivity contribution is -0.149. The van der Waals surface area contributed by atoms with Crippen molar-refractivity contribution < 1.29 is 24.2 Å². The minimum absolute atomic E-state index is 0.253. The summed E-state index contributed by atoms with van der Waals surface area (Å²) in [6, 6.07) is -0.878. The van der Waals surface area contributed by atoms with Gasteiger partial charge in [0, 0.05) is 5.75 Å². The molecule has 0 aliphatic carbocycles. The molecule has 1 aliphatic rings. The van der Waals surface area contributed by atoms with Gasteiger partial charge in [0.1, 0.15) is 18.2 Å². The Kier molecular flexibility index (Phi) is 5.95. The Labute approximate surface area is 141 Å². The molecule has 0 bridgehead atoms. The number of carboxylic acid groups (broad SMARTS) is 1. The highest BCUT2D eigenvalue weighted by Gasteiger charge is 2.46. The number of carbonyl (C=O) groups excluding carboxylic acids is 2. The lowest BCUT2D eigenvalue weighted by atomic mass is 9.94. The van der Waals surface area contributed by atoms with E-state index >= 15 is 0 Å². The number of hydrogen-bond acceptors (Lipinski definition) is 5. The molecule has 1 rings (SSSR count). The monoisotopic (exact) mass is 346 g/mol. The summed E-state index contributed by atoms with van der Waals surface area (Å²) in [5, 5.41) is 11.5. The zero-order valence-corrected chi connectivity index (χ0v) is 15.3. The molecule has 1 aliphatic heterocycles. The highest BCUT2D eigenvalue weighted by Crippen LogP contribution is 2.40. The largest absolute Gasteiger partial charge is 0.480 e. The Bertz CT molecular complexity index is 481. The number of alkyl carbamates (subject to hydrolysis) is 1. The van der Waals surface area contributed by atoms with Crippen molar-refractivity contribution in [3.05, 3.63) is 0 Å². The summed E-state index contributed by atoms with van der Waals surface area (Å²) in [6.07, 6.45) is -0.697. The van der Waals surface area contributed by atoms with E-state index in [1.165, 1.54) is 16.7 Å². The van der Waals surface area contributed by atoms with Gasteiger partial charge in [-0.15, -0.1) is 11.8 Å². The second kappa shape index (κ2) is 6.98. The number of amides is 2. The summed E-state index contributed by atoms with van der Waals surface area (Å²) in [6.45, 7) is 10.8. The molecule has 0 spiro atoms. The maximum absolute atomic E-state index is 12.5. The normalized spacial score (nSPS) is 21.9. The van der Waals surface area contributed by atoms with Gasteiger partial charge in [-0.2, -0.15) is 0 Å². The van der Waals surface area contributed by atoms with Crippen molar-refractivity contribution in [2.75, 3.05) is 12.3 Å². The molecule has 1 unspecified atom stereocenters. The van der Waals surface area contributed by atoms with Gasteiger partial charge >= 0.3 is 12.1 Å². The molecule has 2 N–H and O–H groups in total. The highest BCUT2D eigenvalue weighted by molar-refractivity contribution is 8.00. The highest BCUT2D eigenvalue weighted by atomic mass is 32.2. The number of ether oxygens (including phenoxy) is 1. The van der Waals surface area contributed by atoms with Crippen LogP contribution in [0.3, 0.4) is 0 Å². The first-order valence-corrected chi connectivity index (χ1v) is 8.50. The van der Waals surface area contributed by atoms with E-state index in [4.69, 9.17) is 4.74 Å². The van der Waals surface area contributed by atoms with E-state index in [-0.39, 0.29) is 17.3 Å². The number of thioether (sulfide) groups is 1. The van der Waals surface area contributed by atoms with Gasteiger partial charge in [0.2, 0.25) is 5.91 Å². The van der Waals surface area contributed by atoms with Gasteiger partial charge in [-0.3, -0.25) is 4.79 Å². The number of carboxylic acids is 1. The Hall–Kier alpha value is -1.44. The fourth-order valence-electron chi connectivity index (χ4n) is 2.22. The van der Waals surface area contributed by atoms with Crippen LogP contribution in [0, 0.1) is 5.41 Å². The average Bonchev–Trinajstić information content (AvgIpc) is 2.78. The van der Waals surface area contributed by atoms with Crippen LogP contribution in [-0.2, 0) is 14.3 Å². The predicted octanol–water partition coefficient (Wildman–Crippen LogP) is 1.91.